The number of esters is 1. The lowest BCUT2D eigenvalue weighted by Crippen LogP contribution is -2.38. The Labute approximate surface area is 144 Å². The average Bonchev–Trinajstić information content (AvgIpc) is 2.60. The van der Waals surface area contributed by atoms with E-state index in [9.17, 15) is 4.79 Å². The maximum Gasteiger partial charge on any atom is 0.305 e. The van der Waals surface area contributed by atoms with Gasteiger partial charge in [-0.05, 0) is 44.4 Å². The number of unbranched alkanes of at least 4 members (excludes halogenated alkanes) is 1. The first-order valence-electron chi connectivity index (χ1n) is 8.56. The molecule has 6 nitrogen and oxygen atoms in total. The minimum atomic E-state index is -0.118. The Kier molecular flexibility index (Phi) is 7.85. The number of benzene rings is 1. The van der Waals surface area contributed by atoms with Gasteiger partial charge in [-0.25, -0.2) is 0 Å². The first-order valence-corrected chi connectivity index (χ1v) is 8.56. The number of nitrogens with one attached hydrogen (secondary N) is 1. The predicted octanol–water partition coefficient (Wildman–Crippen LogP) is 2.85. The van der Waals surface area contributed by atoms with Crippen molar-refractivity contribution in [2.45, 2.75) is 38.2 Å². The first kappa shape index (κ1) is 18.5. The topological polar surface area (TPSA) is 60.0 Å². The molecule has 0 atom stereocenters. The summed E-state index contributed by atoms with van der Waals surface area (Å²) >= 11 is 0. The Hall–Kier alpha value is -1.79. The standard InChI is InChI=1S/C18H28N2O4/c1-22-18(21)8-3-4-11-20-12-9-16(10-13-20)24-17-7-5-6-15(14-17)19-23-2/h5-7,14,16,19H,3-4,8-13H2,1-2H3. The third kappa shape index (κ3) is 6.37. The zero-order valence-corrected chi connectivity index (χ0v) is 14.6. The number of carbonyl (C=O) groups is 1. The number of hydrogen-bond acceptors (Lipinski definition) is 6. The zero-order valence-electron chi connectivity index (χ0n) is 14.6. The molecule has 0 aromatic heterocycles. The van der Waals surface area contributed by atoms with Gasteiger partial charge in [-0.15, -0.1) is 0 Å². The van der Waals surface area contributed by atoms with Gasteiger partial charge in [0, 0.05) is 25.6 Å². The van der Waals surface area contributed by atoms with Crippen LogP contribution in [0.4, 0.5) is 5.69 Å². The molecule has 1 heterocycles. The Morgan fingerprint density at radius 1 is 1.25 bits per heavy atom. The maximum absolute atomic E-state index is 11.1. The minimum Gasteiger partial charge on any atom is -0.490 e. The molecule has 0 radical (unpaired) electrons. The number of ether oxygens (including phenoxy) is 2. The van der Waals surface area contributed by atoms with Crippen molar-refractivity contribution in [2.24, 2.45) is 0 Å². The summed E-state index contributed by atoms with van der Waals surface area (Å²) in [5.74, 6) is 0.751. The molecule has 1 aromatic carbocycles. The fourth-order valence-corrected chi connectivity index (χ4v) is 2.90. The molecule has 1 fully saturated rings. The fourth-order valence-electron chi connectivity index (χ4n) is 2.90. The van der Waals surface area contributed by atoms with Crippen LogP contribution >= 0.6 is 0 Å². The molecule has 0 amide bonds. The van der Waals surface area contributed by atoms with Gasteiger partial charge in [0.2, 0.25) is 0 Å². The quantitative estimate of drug-likeness (QED) is 0.425. The largest absolute Gasteiger partial charge is 0.490 e. The van der Waals surface area contributed by atoms with E-state index in [1.165, 1.54) is 7.11 Å². The molecule has 1 saturated heterocycles. The van der Waals surface area contributed by atoms with Gasteiger partial charge < -0.3 is 14.4 Å². The molecule has 1 N–H and O–H groups in total. The highest BCUT2D eigenvalue weighted by Crippen LogP contribution is 2.22. The van der Waals surface area contributed by atoms with Crippen LogP contribution < -0.4 is 10.2 Å². The minimum absolute atomic E-state index is 0.118. The van der Waals surface area contributed by atoms with Crippen molar-refractivity contribution in [3.05, 3.63) is 24.3 Å². The Balaban J connectivity index is 1.65. The van der Waals surface area contributed by atoms with Crippen LogP contribution in [0.15, 0.2) is 24.3 Å². The lowest BCUT2D eigenvalue weighted by atomic mass is 10.1. The highest BCUT2D eigenvalue weighted by atomic mass is 16.6. The monoisotopic (exact) mass is 336 g/mol. The number of anilines is 1. The van der Waals surface area contributed by atoms with Crippen LogP contribution in [-0.2, 0) is 14.4 Å². The molecular weight excluding hydrogens is 308 g/mol. The first-order chi connectivity index (χ1) is 11.7. The van der Waals surface area contributed by atoms with Gasteiger partial charge in [0.1, 0.15) is 11.9 Å². The number of piperidine rings is 1. The van der Waals surface area contributed by atoms with E-state index in [0.717, 1.165) is 56.8 Å². The van der Waals surface area contributed by atoms with Crippen molar-refractivity contribution < 1.29 is 19.1 Å². The summed E-state index contributed by atoms with van der Waals surface area (Å²) in [6.45, 7) is 3.12. The summed E-state index contributed by atoms with van der Waals surface area (Å²) in [4.78, 5) is 18.4. The third-order valence-electron chi connectivity index (χ3n) is 4.22. The molecule has 134 valence electrons. The van der Waals surface area contributed by atoms with E-state index in [4.69, 9.17) is 9.57 Å². The van der Waals surface area contributed by atoms with Crippen molar-refractivity contribution in [2.75, 3.05) is 39.3 Å². The van der Waals surface area contributed by atoms with Crippen molar-refractivity contribution in [1.29, 1.82) is 0 Å². The van der Waals surface area contributed by atoms with Gasteiger partial charge in [-0.1, -0.05) is 6.07 Å². The van der Waals surface area contributed by atoms with Crippen molar-refractivity contribution in [1.82, 2.24) is 4.90 Å². The molecule has 1 aliphatic rings. The van der Waals surface area contributed by atoms with Gasteiger partial charge in [0.05, 0.1) is 19.9 Å². The number of nitrogens with zero attached hydrogens (tertiary/aromatic N) is 1. The summed E-state index contributed by atoms with van der Waals surface area (Å²) < 4.78 is 10.7. The highest BCUT2D eigenvalue weighted by Gasteiger charge is 2.20. The van der Waals surface area contributed by atoms with Gasteiger partial charge in [0.15, 0.2) is 0 Å². The van der Waals surface area contributed by atoms with Crippen LogP contribution in [0.2, 0.25) is 0 Å². The van der Waals surface area contributed by atoms with E-state index in [1.807, 2.05) is 24.3 Å². The van der Waals surface area contributed by atoms with E-state index < -0.39 is 0 Å². The molecule has 0 unspecified atom stereocenters. The smallest absolute Gasteiger partial charge is 0.305 e. The second kappa shape index (κ2) is 10.2. The van der Waals surface area contributed by atoms with Crippen LogP contribution in [0.3, 0.4) is 0 Å². The number of rotatable bonds is 9. The van der Waals surface area contributed by atoms with E-state index in [1.54, 1.807) is 7.11 Å². The SMILES string of the molecule is CONc1cccc(OC2CCN(CCCCC(=O)OC)CC2)c1. The van der Waals surface area contributed by atoms with Gasteiger partial charge in [0.25, 0.3) is 0 Å². The molecule has 6 heteroatoms. The van der Waals surface area contributed by atoms with Crippen LogP contribution in [0.5, 0.6) is 5.75 Å². The molecule has 0 aliphatic carbocycles. The Bertz CT molecular complexity index is 502. The Morgan fingerprint density at radius 3 is 2.75 bits per heavy atom. The lowest BCUT2D eigenvalue weighted by Gasteiger charge is -2.32. The molecule has 0 bridgehead atoms. The van der Waals surface area contributed by atoms with Crippen LogP contribution in [0.1, 0.15) is 32.1 Å². The molecule has 0 spiro atoms. The van der Waals surface area contributed by atoms with Gasteiger partial charge in [-0.2, -0.15) is 0 Å². The molecule has 0 saturated carbocycles. The predicted molar refractivity (Wildman–Crippen MR) is 93.0 cm³/mol. The lowest BCUT2D eigenvalue weighted by molar-refractivity contribution is -0.140. The van der Waals surface area contributed by atoms with Crippen LogP contribution in [0.25, 0.3) is 0 Å². The van der Waals surface area contributed by atoms with E-state index in [2.05, 4.69) is 15.1 Å². The van der Waals surface area contributed by atoms with Gasteiger partial charge in [-0.3, -0.25) is 15.1 Å². The number of likely N-dealkylation sites (tertiary alicyclic amines) is 1. The summed E-state index contributed by atoms with van der Waals surface area (Å²) in [7, 11) is 3.03. The van der Waals surface area contributed by atoms with Gasteiger partial charge >= 0.3 is 5.97 Å². The molecule has 1 aromatic rings. The molecule has 1 aliphatic heterocycles. The number of methoxy groups -OCH3 is 1. The maximum atomic E-state index is 11.1. The normalized spacial score (nSPS) is 15.9. The van der Waals surface area contributed by atoms with E-state index in [-0.39, 0.29) is 12.1 Å². The molecule has 2 rings (SSSR count). The average molecular weight is 336 g/mol. The van der Waals surface area contributed by atoms with Crippen molar-refractivity contribution in [3.8, 4) is 5.75 Å². The summed E-state index contributed by atoms with van der Waals surface area (Å²) in [6.07, 6.45) is 4.75. The Morgan fingerprint density at radius 2 is 2.04 bits per heavy atom. The summed E-state index contributed by atoms with van der Waals surface area (Å²) in [6, 6.07) is 7.81. The van der Waals surface area contributed by atoms with Crippen molar-refractivity contribution in [3.63, 3.8) is 0 Å². The third-order valence-corrected chi connectivity index (χ3v) is 4.22. The highest BCUT2D eigenvalue weighted by molar-refractivity contribution is 5.68. The van der Waals surface area contributed by atoms with E-state index >= 15 is 0 Å². The zero-order chi connectivity index (χ0) is 17.2. The fraction of sp³-hybridized carbons (Fsp3) is 0.611. The number of hydrogen-bond donors (Lipinski definition) is 1. The summed E-state index contributed by atoms with van der Waals surface area (Å²) in [5, 5.41) is 0. The second-order valence-electron chi connectivity index (χ2n) is 6.03. The molecular formula is C18H28N2O4. The number of carbonyl (C=O) groups excluding carboxylic acids is 1. The van der Waals surface area contributed by atoms with Crippen molar-refractivity contribution >= 4 is 11.7 Å². The second-order valence-corrected chi connectivity index (χ2v) is 6.03. The molecule has 24 heavy (non-hydrogen) atoms. The van der Waals surface area contributed by atoms with Crippen LogP contribution in [0, 0.1) is 0 Å². The van der Waals surface area contributed by atoms with E-state index in [0.29, 0.717) is 6.42 Å². The van der Waals surface area contributed by atoms with Crippen LogP contribution in [-0.4, -0.2) is 50.8 Å². The summed E-state index contributed by atoms with van der Waals surface area (Å²) in [5.41, 5.74) is 3.70.